The Kier molecular flexibility index (Phi) is 8.68. The van der Waals surface area contributed by atoms with Gasteiger partial charge < -0.3 is 4.90 Å². The van der Waals surface area contributed by atoms with Crippen molar-refractivity contribution >= 4 is 42.6 Å². The molecular weight excluding hydrogens is 504 g/mol. The molecule has 1 amide bonds. The van der Waals surface area contributed by atoms with Crippen LogP contribution in [0.2, 0.25) is 0 Å². The van der Waals surface area contributed by atoms with E-state index in [4.69, 9.17) is 4.98 Å². The smallest absolute Gasteiger partial charge is 0.260 e. The highest BCUT2D eigenvalue weighted by Gasteiger charge is 2.32. The van der Waals surface area contributed by atoms with Gasteiger partial charge in [0.05, 0.1) is 15.1 Å². The van der Waals surface area contributed by atoms with Crippen LogP contribution in [0.1, 0.15) is 60.5 Å². The molecule has 1 saturated heterocycles. The van der Waals surface area contributed by atoms with E-state index in [2.05, 4.69) is 24.0 Å². The van der Waals surface area contributed by atoms with Crippen LogP contribution in [0.25, 0.3) is 10.2 Å². The number of anilines is 1. The minimum atomic E-state index is -3.60. The summed E-state index contributed by atoms with van der Waals surface area (Å²) in [7, 11) is 0.433. The summed E-state index contributed by atoms with van der Waals surface area (Å²) in [5.74, 6) is -0.166. The summed E-state index contributed by atoms with van der Waals surface area (Å²) in [5, 5.41) is 0.670. The first kappa shape index (κ1) is 27.7. The SMILES string of the molecule is CCC1CCCCN1S(=O)(=O)c1ccc(C(=O)N(CCCN(C)C)c2nc3c(C)cc(C)cc3s2)cc1. The van der Waals surface area contributed by atoms with Gasteiger partial charge in [0.25, 0.3) is 5.91 Å². The number of aromatic nitrogens is 1. The number of nitrogens with zero attached hydrogens (tertiary/aromatic N) is 4. The number of piperidine rings is 1. The van der Waals surface area contributed by atoms with Crippen molar-refractivity contribution in [1.82, 2.24) is 14.2 Å². The Morgan fingerprint density at radius 2 is 1.84 bits per heavy atom. The van der Waals surface area contributed by atoms with E-state index in [1.807, 2.05) is 27.9 Å². The fourth-order valence-corrected chi connectivity index (χ4v) is 8.00. The molecule has 1 unspecified atom stereocenters. The third-order valence-electron chi connectivity index (χ3n) is 7.03. The zero-order valence-electron chi connectivity index (χ0n) is 22.5. The number of aryl methyl sites for hydroxylation is 2. The summed E-state index contributed by atoms with van der Waals surface area (Å²) in [6.07, 6.45) is 4.45. The number of rotatable bonds is 9. The van der Waals surface area contributed by atoms with Crippen molar-refractivity contribution in [2.45, 2.75) is 63.8 Å². The van der Waals surface area contributed by atoms with E-state index in [0.29, 0.717) is 23.8 Å². The second-order valence-electron chi connectivity index (χ2n) is 10.2. The van der Waals surface area contributed by atoms with E-state index in [-0.39, 0.29) is 16.8 Å². The number of carbonyl (C=O) groups excluding carboxylic acids is 1. The molecule has 0 saturated carbocycles. The molecule has 1 atom stereocenters. The molecule has 37 heavy (non-hydrogen) atoms. The molecule has 9 heteroatoms. The fraction of sp³-hybridized carbons (Fsp3) is 0.500. The van der Waals surface area contributed by atoms with Gasteiger partial charge in [0, 0.05) is 24.7 Å². The molecule has 4 rings (SSSR count). The number of fused-ring (bicyclic) bond motifs is 1. The molecule has 2 aromatic carbocycles. The Hall–Kier alpha value is -2.33. The van der Waals surface area contributed by atoms with Crippen LogP contribution < -0.4 is 4.90 Å². The van der Waals surface area contributed by atoms with Crippen LogP contribution in [-0.2, 0) is 10.0 Å². The minimum absolute atomic E-state index is 0.0402. The van der Waals surface area contributed by atoms with E-state index in [1.165, 1.54) is 16.9 Å². The Morgan fingerprint density at radius 3 is 2.51 bits per heavy atom. The number of sulfonamides is 1. The van der Waals surface area contributed by atoms with Crippen molar-refractivity contribution in [1.29, 1.82) is 0 Å². The molecule has 1 aromatic heterocycles. The average Bonchev–Trinajstić information content (AvgIpc) is 3.30. The lowest BCUT2D eigenvalue weighted by atomic mass is 10.0. The van der Waals surface area contributed by atoms with Crippen molar-refractivity contribution < 1.29 is 13.2 Å². The van der Waals surface area contributed by atoms with Gasteiger partial charge in [-0.25, -0.2) is 13.4 Å². The van der Waals surface area contributed by atoms with E-state index >= 15 is 0 Å². The van der Waals surface area contributed by atoms with Crippen molar-refractivity contribution in [3.8, 4) is 0 Å². The maximum Gasteiger partial charge on any atom is 0.260 e. The van der Waals surface area contributed by atoms with Gasteiger partial charge in [0.15, 0.2) is 5.13 Å². The van der Waals surface area contributed by atoms with E-state index < -0.39 is 10.0 Å². The Labute approximate surface area is 225 Å². The number of hydrogen-bond donors (Lipinski definition) is 0. The van der Waals surface area contributed by atoms with Gasteiger partial charge in [-0.3, -0.25) is 9.69 Å². The first-order chi connectivity index (χ1) is 17.6. The van der Waals surface area contributed by atoms with Crippen molar-refractivity contribution in [2.75, 3.05) is 38.6 Å². The molecule has 1 aliphatic heterocycles. The van der Waals surface area contributed by atoms with Gasteiger partial charge in [-0.15, -0.1) is 0 Å². The Balaban J connectivity index is 1.63. The minimum Gasteiger partial charge on any atom is -0.309 e. The molecule has 2 heterocycles. The molecule has 3 aromatic rings. The van der Waals surface area contributed by atoms with Crippen LogP contribution >= 0.6 is 11.3 Å². The molecule has 0 aliphatic carbocycles. The van der Waals surface area contributed by atoms with Gasteiger partial charge >= 0.3 is 0 Å². The lowest BCUT2D eigenvalue weighted by Gasteiger charge is -2.34. The van der Waals surface area contributed by atoms with Gasteiger partial charge in [-0.05, 0) is 102 Å². The lowest BCUT2D eigenvalue weighted by molar-refractivity contribution is 0.0986. The van der Waals surface area contributed by atoms with Crippen LogP contribution in [-0.4, -0.2) is 68.3 Å². The highest BCUT2D eigenvalue weighted by atomic mass is 32.2. The Morgan fingerprint density at radius 1 is 1.11 bits per heavy atom. The summed E-state index contributed by atoms with van der Waals surface area (Å²) in [6, 6.07) is 10.7. The van der Waals surface area contributed by atoms with Crippen LogP contribution in [0.5, 0.6) is 0 Å². The van der Waals surface area contributed by atoms with E-state index in [0.717, 1.165) is 54.4 Å². The number of carbonyl (C=O) groups is 1. The van der Waals surface area contributed by atoms with Crippen LogP contribution in [0, 0.1) is 13.8 Å². The summed E-state index contributed by atoms with van der Waals surface area (Å²) < 4.78 is 29.5. The number of amides is 1. The maximum absolute atomic E-state index is 13.7. The predicted octanol–water partition coefficient (Wildman–Crippen LogP) is 5.46. The summed E-state index contributed by atoms with van der Waals surface area (Å²) in [4.78, 5) is 22.7. The molecule has 0 radical (unpaired) electrons. The standard InChI is InChI=1S/C28H38N4O3S2/c1-6-23-10-7-8-17-32(23)37(34,35)24-13-11-22(12-14-24)27(33)31(16-9-15-30(4)5)28-29-26-21(3)18-20(2)19-25(26)36-28/h11-14,18-19,23H,6-10,15-17H2,1-5H3. The van der Waals surface area contributed by atoms with E-state index in [9.17, 15) is 13.2 Å². The zero-order chi connectivity index (χ0) is 26.7. The topological polar surface area (TPSA) is 73.8 Å². The second kappa shape index (κ2) is 11.6. The molecule has 0 spiro atoms. The third-order valence-corrected chi connectivity index (χ3v) is 10.0. The molecule has 1 fully saturated rings. The van der Waals surface area contributed by atoms with Gasteiger partial charge in [0.2, 0.25) is 10.0 Å². The average molecular weight is 543 g/mol. The summed E-state index contributed by atoms with van der Waals surface area (Å²) in [5.41, 5.74) is 3.64. The van der Waals surface area contributed by atoms with Crippen molar-refractivity contribution in [3.63, 3.8) is 0 Å². The van der Waals surface area contributed by atoms with Crippen molar-refractivity contribution in [2.24, 2.45) is 0 Å². The predicted molar refractivity (Wildman–Crippen MR) is 152 cm³/mol. The normalized spacial score (nSPS) is 17.0. The first-order valence-electron chi connectivity index (χ1n) is 13.1. The number of hydrogen-bond acceptors (Lipinski definition) is 6. The third kappa shape index (κ3) is 6.06. The second-order valence-corrected chi connectivity index (χ2v) is 13.1. The zero-order valence-corrected chi connectivity index (χ0v) is 24.2. The molecule has 200 valence electrons. The van der Waals surface area contributed by atoms with Gasteiger partial charge in [0.1, 0.15) is 0 Å². The fourth-order valence-electron chi connectivity index (χ4n) is 5.06. The first-order valence-corrected chi connectivity index (χ1v) is 15.3. The quantitative estimate of drug-likeness (QED) is 0.359. The monoisotopic (exact) mass is 542 g/mol. The van der Waals surface area contributed by atoms with Crippen LogP contribution in [0.15, 0.2) is 41.3 Å². The summed E-state index contributed by atoms with van der Waals surface area (Å²) in [6.45, 7) is 8.07. The van der Waals surface area contributed by atoms with Gasteiger partial charge in [-0.2, -0.15) is 4.31 Å². The number of thiazole rings is 1. The highest BCUT2D eigenvalue weighted by Crippen LogP contribution is 2.33. The molecule has 7 nitrogen and oxygen atoms in total. The lowest BCUT2D eigenvalue weighted by Crippen LogP contribution is -2.43. The largest absolute Gasteiger partial charge is 0.309 e. The Bertz CT molecular complexity index is 1350. The highest BCUT2D eigenvalue weighted by molar-refractivity contribution is 7.89. The van der Waals surface area contributed by atoms with Crippen LogP contribution in [0.4, 0.5) is 5.13 Å². The maximum atomic E-state index is 13.7. The molecule has 0 bridgehead atoms. The molecule has 1 aliphatic rings. The van der Waals surface area contributed by atoms with E-state index in [1.54, 1.807) is 33.5 Å². The van der Waals surface area contributed by atoms with Crippen molar-refractivity contribution in [3.05, 3.63) is 53.1 Å². The van der Waals surface area contributed by atoms with Crippen LogP contribution in [0.3, 0.4) is 0 Å². The number of benzene rings is 2. The molecular formula is C28H38N4O3S2. The summed E-state index contributed by atoms with van der Waals surface area (Å²) >= 11 is 1.52. The van der Waals surface area contributed by atoms with Gasteiger partial charge in [-0.1, -0.05) is 30.7 Å². The molecule has 0 N–H and O–H groups in total.